The Balaban J connectivity index is 2.23. The summed E-state index contributed by atoms with van der Waals surface area (Å²) in [7, 11) is 0. The van der Waals surface area contributed by atoms with Gasteiger partial charge >= 0.3 is 0 Å². The van der Waals surface area contributed by atoms with Crippen LogP contribution in [0.2, 0.25) is 0 Å². The van der Waals surface area contributed by atoms with Gasteiger partial charge in [-0.25, -0.2) is 4.39 Å². The van der Waals surface area contributed by atoms with E-state index in [1.54, 1.807) is 12.1 Å². The van der Waals surface area contributed by atoms with Crippen molar-refractivity contribution in [3.63, 3.8) is 0 Å². The third-order valence-corrected chi connectivity index (χ3v) is 2.85. The number of hydrogen-bond donors (Lipinski definition) is 2. The van der Waals surface area contributed by atoms with Gasteiger partial charge < -0.3 is 10.6 Å². The van der Waals surface area contributed by atoms with Crippen LogP contribution in [-0.2, 0) is 9.59 Å². The smallest absolute Gasteiger partial charge is 0.224 e. The summed E-state index contributed by atoms with van der Waals surface area (Å²) >= 11 is 0. The molecule has 0 saturated carbocycles. The van der Waals surface area contributed by atoms with Crippen LogP contribution in [0.3, 0.4) is 0 Å². The van der Waals surface area contributed by atoms with E-state index in [0.717, 1.165) is 24.8 Å². The van der Waals surface area contributed by atoms with E-state index in [4.69, 9.17) is 0 Å². The van der Waals surface area contributed by atoms with Gasteiger partial charge in [0.15, 0.2) is 0 Å². The summed E-state index contributed by atoms with van der Waals surface area (Å²) < 4.78 is 13.4. The Morgan fingerprint density at radius 2 is 1.95 bits per heavy atom. The molecule has 110 valence electrons. The maximum Gasteiger partial charge on any atom is 0.224 e. The summed E-state index contributed by atoms with van der Waals surface area (Å²) in [5.74, 6) is -0.652. The number of aryl methyl sites for hydroxylation is 1. The van der Waals surface area contributed by atoms with E-state index in [2.05, 4.69) is 10.6 Å². The van der Waals surface area contributed by atoms with E-state index < -0.39 is 5.82 Å². The highest BCUT2D eigenvalue weighted by Gasteiger charge is 2.06. The minimum absolute atomic E-state index is 0.0438. The third-order valence-electron chi connectivity index (χ3n) is 2.85. The van der Waals surface area contributed by atoms with Gasteiger partial charge in [-0.1, -0.05) is 12.5 Å². The van der Waals surface area contributed by atoms with Gasteiger partial charge in [0, 0.05) is 19.9 Å². The lowest BCUT2D eigenvalue weighted by molar-refractivity contribution is -0.119. The lowest BCUT2D eigenvalue weighted by Crippen LogP contribution is -2.20. The number of amides is 2. The molecule has 0 radical (unpaired) electrons. The molecule has 0 unspecified atom stereocenters. The molecule has 0 spiro atoms. The average molecular weight is 280 g/mol. The lowest BCUT2D eigenvalue weighted by Gasteiger charge is -2.07. The van der Waals surface area contributed by atoms with Crippen molar-refractivity contribution < 1.29 is 14.0 Å². The largest absolute Gasteiger partial charge is 0.356 e. The predicted molar refractivity (Wildman–Crippen MR) is 76.9 cm³/mol. The van der Waals surface area contributed by atoms with E-state index in [1.165, 1.54) is 13.0 Å². The molecule has 1 aromatic rings. The number of benzene rings is 1. The van der Waals surface area contributed by atoms with Crippen LogP contribution in [0.4, 0.5) is 10.1 Å². The van der Waals surface area contributed by atoms with E-state index in [0.29, 0.717) is 13.0 Å². The number of rotatable bonds is 7. The molecule has 4 nitrogen and oxygen atoms in total. The first-order valence-electron chi connectivity index (χ1n) is 6.79. The molecular weight excluding hydrogens is 259 g/mol. The van der Waals surface area contributed by atoms with Gasteiger partial charge in [0.25, 0.3) is 0 Å². The van der Waals surface area contributed by atoms with Gasteiger partial charge in [-0.15, -0.1) is 0 Å². The van der Waals surface area contributed by atoms with E-state index in [-0.39, 0.29) is 17.5 Å². The van der Waals surface area contributed by atoms with Gasteiger partial charge in [-0.2, -0.15) is 0 Å². The van der Waals surface area contributed by atoms with Crippen LogP contribution >= 0.6 is 0 Å². The van der Waals surface area contributed by atoms with E-state index in [9.17, 15) is 14.0 Å². The maximum absolute atomic E-state index is 13.4. The van der Waals surface area contributed by atoms with E-state index >= 15 is 0 Å². The quantitative estimate of drug-likeness (QED) is 0.754. The first kappa shape index (κ1) is 16.1. The van der Waals surface area contributed by atoms with Crippen LogP contribution in [0.1, 0.15) is 38.2 Å². The molecule has 0 aliphatic rings. The van der Waals surface area contributed by atoms with Gasteiger partial charge in [-0.05, 0) is 37.5 Å². The Bertz CT molecular complexity index is 475. The van der Waals surface area contributed by atoms with Crippen molar-refractivity contribution in [3.05, 3.63) is 29.6 Å². The van der Waals surface area contributed by atoms with Crippen molar-refractivity contribution in [1.82, 2.24) is 5.32 Å². The minimum Gasteiger partial charge on any atom is -0.356 e. The summed E-state index contributed by atoms with van der Waals surface area (Å²) in [6.45, 7) is 3.95. The number of hydrogen-bond acceptors (Lipinski definition) is 2. The van der Waals surface area contributed by atoms with Gasteiger partial charge in [0.2, 0.25) is 11.8 Å². The molecule has 0 saturated heterocycles. The Hall–Kier alpha value is -1.91. The number of carbonyl (C=O) groups excluding carboxylic acids is 2. The topological polar surface area (TPSA) is 58.2 Å². The fourth-order valence-corrected chi connectivity index (χ4v) is 1.80. The lowest BCUT2D eigenvalue weighted by atomic mass is 10.1. The summed E-state index contributed by atoms with van der Waals surface area (Å²) in [5, 5.41) is 5.27. The fourth-order valence-electron chi connectivity index (χ4n) is 1.80. The van der Waals surface area contributed by atoms with Crippen molar-refractivity contribution in [3.8, 4) is 0 Å². The van der Waals surface area contributed by atoms with Crippen LogP contribution in [0.5, 0.6) is 0 Å². The van der Waals surface area contributed by atoms with Crippen LogP contribution in [0.25, 0.3) is 0 Å². The monoisotopic (exact) mass is 280 g/mol. The minimum atomic E-state index is -0.422. The number of anilines is 1. The summed E-state index contributed by atoms with van der Waals surface area (Å²) in [6.07, 6.45) is 2.77. The molecule has 0 atom stereocenters. The maximum atomic E-state index is 13.4. The summed E-state index contributed by atoms with van der Waals surface area (Å²) in [4.78, 5) is 22.3. The number of nitrogens with one attached hydrogen (secondary N) is 2. The third kappa shape index (κ3) is 6.31. The highest BCUT2D eigenvalue weighted by Crippen LogP contribution is 2.16. The zero-order valence-corrected chi connectivity index (χ0v) is 12.0. The van der Waals surface area contributed by atoms with Crippen molar-refractivity contribution >= 4 is 17.5 Å². The molecule has 1 rings (SSSR count). The fraction of sp³-hybridized carbons (Fsp3) is 0.467. The molecule has 0 aliphatic carbocycles. The second-order valence-corrected chi connectivity index (χ2v) is 4.83. The van der Waals surface area contributed by atoms with Crippen LogP contribution in [0, 0.1) is 12.7 Å². The predicted octanol–water partition coefficient (Wildman–Crippen LogP) is 2.77. The molecule has 0 bridgehead atoms. The number of halogens is 1. The van der Waals surface area contributed by atoms with Crippen LogP contribution in [-0.4, -0.2) is 18.4 Å². The first-order chi connectivity index (χ1) is 9.49. The molecule has 5 heteroatoms. The number of carbonyl (C=O) groups is 2. The molecule has 1 aromatic carbocycles. The molecule has 2 N–H and O–H groups in total. The Kier molecular flexibility index (Phi) is 6.70. The second-order valence-electron chi connectivity index (χ2n) is 4.83. The highest BCUT2D eigenvalue weighted by molar-refractivity contribution is 5.90. The normalized spacial score (nSPS) is 10.2. The van der Waals surface area contributed by atoms with Crippen molar-refractivity contribution in [2.24, 2.45) is 0 Å². The zero-order chi connectivity index (χ0) is 15.0. The number of unbranched alkanes of at least 4 members (excludes halogenated alkanes) is 2. The summed E-state index contributed by atoms with van der Waals surface area (Å²) in [5.41, 5.74) is 1.13. The molecule has 0 fully saturated rings. The Morgan fingerprint density at radius 1 is 1.20 bits per heavy atom. The van der Waals surface area contributed by atoms with Crippen LogP contribution < -0.4 is 10.6 Å². The second kappa shape index (κ2) is 8.30. The zero-order valence-electron chi connectivity index (χ0n) is 12.0. The van der Waals surface area contributed by atoms with E-state index in [1.807, 2.05) is 6.92 Å². The van der Waals surface area contributed by atoms with Crippen molar-refractivity contribution in [2.75, 3.05) is 11.9 Å². The van der Waals surface area contributed by atoms with Crippen molar-refractivity contribution in [2.45, 2.75) is 39.5 Å². The van der Waals surface area contributed by atoms with Gasteiger partial charge in [0.1, 0.15) is 5.82 Å². The Labute approximate surface area is 118 Å². The van der Waals surface area contributed by atoms with Crippen molar-refractivity contribution in [1.29, 1.82) is 0 Å². The molecule has 0 heterocycles. The molecular formula is C15H21FN2O2. The Morgan fingerprint density at radius 3 is 2.65 bits per heavy atom. The average Bonchev–Trinajstić information content (AvgIpc) is 2.37. The van der Waals surface area contributed by atoms with Gasteiger partial charge in [-0.3, -0.25) is 9.59 Å². The summed E-state index contributed by atoms with van der Waals surface area (Å²) in [6, 6.07) is 4.62. The highest BCUT2D eigenvalue weighted by atomic mass is 19.1. The molecule has 0 aromatic heterocycles. The molecule has 20 heavy (non-hydrogen) atoms. The SMILES string of the molecule is CC(=O)NCCCCCC(=O)Nc1cc(C)ccc1F. The molecule has 2 amide bonds. The first-order valence-corrected chi connectivity index (χ1v) is 6.79. The van der Waals surface area contributed by atoms with Gasteiger partial charge in [0.05, 0.1) is 5.69 Å². The standard InChI is InChI=1S/C15H21FN2O2/c1-11-7-8-13(16)14(10-11)18-15(20)6-4-3-5-9-17-12(2)19/h7-8,10H,3-6,9H2,1-2H3,(H,17,19)(H,18,20). The van der Waals surface area contributed by atoms with Crippen LogP contribution in [0.15, 0.2) is 18.2 Å². The molecule has 0 aliphatic heterocycles.